The Morgan fingerprint density at radius 3 is 2.96 bits per heavy atom. The zero-order valence-electron chi connectivity index (χ0n) is 13.2. The zero-order valence-corrected chi connectivity index (χ0v) is 14.1. The minimum atomic E-state index is -0.378. The third-order valence-corrected chi connectivity index (χ3v) is 4.80. The van der Waals surface area contributed by atoms with E-state index in [0.29, 0.717) is 38.2 Å². The molecule has 6 nitrogen and oxygen atoms in total. The predicted octanol–water partition coefficient (Wildman–Crippen LogP) is 1.79. The molecule has 0 atom stereocenters. The van der Waals surface area contributed by atoms with Crippen LogP contribution in [0.2, 0.25) is 0 Å². The predicted molar refractivity (Wildman–Crippen MR) is 86.3 cm³/mol. The molecule has 0 saturated heterocycles. The van der Waals surface area contributed by atoms with Crippen LogP contribution in [0.1, 0.15) is 33.5 Å². The maximum absolute atomic E-state index is 12.5. The Labute approximate surface area is 138 Å². The van der Waals surface area contributed by atoms with Crippen molar-refractivity contribution in [2.24, 2.45) is 7.05 Å². The van der Waals surface area contributed by atoms with Gasteiger partial charge in [0.15, 0.2) is 5.69 Å². The summed E-state index contributed by atoms with van der Waals surface area (Å²) >= 11 is 1.58. The van der Waals surface area contributed by atoms with E-state index in [2.05, 4.69) is 5.10 Å². The van der Waals surface area contributed by atoms with Crippen molar-refractivity contribution in [2.75, 3.05) is 13.2 Å². The van der Waals surface area contributed by atoms with Crippen molar-refractivity contribution in [1.82, 2.24) is 14.7 Å². The van der Waals surface area contributed by atoms with Gasteiger partial charge in [-0.15, -0.1) is 11.3 Å². The van der Waals surface area contributed by atoms with Gasteiger partial charge in [-0.3, -0.25) is 9.48 Å². The summed E-state index contributed by atoms with van der Waals surface area (Å²) in [5.74, 6) is -0.298. The van der Waals surface area contributed by atoms with Crippen LogP contribution in [0.15, 0.2) is 17.5 Å². The van der Waals surface area contributed by atoms with Crippen molar-refractivity contribution in [1.29, 1.82) is 0 Å². The quantitative estimate of drug-likeness (QED) is 0.800. The molecule has 122 valence electrons. The van der Waals surface area contributed by atoms with Crippen LogP contribution in [0.4, 0.5) is 0 Å². The van der Waals surface area contributed by atoms with Crippen LogP contribution in [-0.2, 0) is 36.0 Å². The smallest absolute Gasteiger partial charge is 0.356 e. The Balaban J connectivity index is 1.79. The molecule has 0 N–H and O–H groups in total. The summed E-state index contributed by atoms with van der Waals surface area (Å²) < 4.78 is 6.68. The highest BCUT2D eigenvalue weighted by molar-refractivity contribution is 7.10. The molecule has 1 amide bonds. The highest BCUT2D eigenvalue weighted by atomic mass is 32.1. The highest BCUT2D eigenvalue weighted by Crippen LogP contribution is 2.23. The van der Waals surface area contributed by atoms with E-state index in [4.69, 9.17) is 4.74 Å². The second kappa shape index (κ2) is 6.54. The summed E-state index contributed by atoms with van der Waals surface area (Å²) in [6, 6.07) is 3.91. The molecule has 0 fully saturated rings. The summed E-state index contributed by atoms with van der Waals surface area (Å²) in [5.41, 5.74) is 2.16. The van der Waals surface area contributed by atoms with Gasteiger partial charge in [0, 0.05) is 37.0 Å². The number of carbonyl (C=O) groups is 2. The third kappa shape index (κ3) is 3.14. The van der Waals surface area contributed by atoms with E-state index in [1.807, 2.05) is 17.5 Å². The molecule has 2 aromatic heterocycles. The molecule has 1 aliphatic rings. The molecule has 0 spiro atoms. The summed E-state index contributed by atoms with van der Waals surface area (Å²) in [7, 11) is 1.74. The van der Waals surface area contributed by atoms with Crippen molar-refractivity contribution < 1.29 is 14.3 Å². The lowest BCUT2D eigenvalue weighted by Gasteiger charge is -2.26. The number of hydrogen-bond donors (Lipinski definition) is 0. The number of hydrogen-bond acceptors (Lipinski definition) is 5. The molecular formula is C16H19N3O3S. The van der Waals surface area contributed by atoms with Gasteiger partial charge in [0.2, 0.25) is 5.91 Å². The number of nitrogens with zero attached hydrogens (tertiary/aromatic N) is 3. The molecule has 1 aliphatic heterocycles. The summed E-state index contributed by atoms with van der Waals surface area (Å²) in [6.07, 6.45) is 1.07. The first-order valence-electron chi connectivity index (χ1n) is 7.62. The summed E-state index contributed by atoms with van der Waals surface area (Å²) in [4.78, 5) is 27.5. The van der Waals surface area contributed by atoms with Gasteiger partial charge in [-0.1, -0.05) is 6.07 Å². The molecule has 23 heavy (non-hydrogen) atoms. The topological polar surface area (TPSA) is 64.4 Å². The van der Waals surface area contributed by atoms with Gasteiger partial charge in [0.05, 0.1) is 18.7 Å². The molecule has 0 aliphatic carbocycles. The van der Waals surface area contributed by atoms with Crippen molar-refractivity contribution >= 4 is 23.2 Å². The number of fused-ring (bicyclic) bond motifs is 1. The molecule has 0 radical (unpaired) electrons. The first-order valence-corrected chi connectivity index (χ1v) is 8.50. The van der Waals surface area contributed by atoms with Gasteiger partial charge in [-0.05, 0) is 18.4 Å². The van der Waals surface area contributed by atoms with Crippen LogP contribution in [0, 0.1) is 0 Å². The zero-order chi connectivity index (χ0) is 16.4. The van der Waals surface area contributed by atoms with Gasteiger partial charge in [-0.25, -0.2) is 4.79 Å². The van der Waals surface area contributed by atoms with E-state index in [1.165, 1.54) is 0 Å². The van der Waals surface area contributed by atoms with E-state index in [-0.39, 0.29) is 11.9 Å². The number of aryl methyl sites for hydroxylation is 1. The molecule has 3 heterocycles. The fourth-order valence-corrected chi connectivity index (χ4v) is 3.54. The van der Waals surface area contributed by atoms with Crippen LogP contribution < -0.4 is 0 Å². The summed E-state index contributed by atoms with van der Waals surface area (Å²) in [5, 5.41) is 6.37. The summed E-state index contributed by atoms with van der Waals surface area (Å²) in [6.45, 7) is 3.15. The molecule has 7 heteroatoms. The number of esters is 1. The Kier molecular flexibility index (Phi) is 4.47. The highest BCUT2D eigenvalue weighted by Gasteiger charge is 2.29. The molecule has 0 aromatic carbocycles. The molecule has 0 unspecified atom stereocenters. The van der Waals surface area contributed by atoms with Gasteiger partial charge in [0.25, 0.3) is 0 Å². The Morgan fingerprint density at radius 1 is 1.43 bits per heavy atom. The van der Waals surface area contributed by atoms with E-state index in [1.54, 1.807) is 34.9 Å². The molecule has 0 bridgehead atoms. The molecule has 3 rings (SSSR count). The normalized spacial score (nSPS) is 13.7. The Hall–Kier alpha value is -2.15. The lowest BCUT2D eigenvalue weighted by Crippen LogP contribution is -2.37. The Morgan fingerprint density at radius 2 is 2.26 bits per heavy atom. The lowest BCUT2D eigenvalue weighted by atomic mass is 10.0. The average Bonchev–Trinajstić information content (AvgIpc) is 3.13. The number of carbonyl (C=O) groups excluding carboxylic acids is 2. The number of aromatic nitrogens is 2. The second-order valence-electron chi connectivity index (χ2n) is 5.44. The van der Waals surface area contributed by atoms with Crippen LogP contribution >= 0.6 is 11.3 Å². The van der Waals surface area contributed by atoms with Gasteiger partial charge in [0.1, 0.15) is 0 Å². The van der Waals surface area contributed by atoms with E-state index >= 15 is 0 Å². The lowest BCUT2D eigenvalue weighted by molar-refractivity contribution is -0.131. The van der Waals surface area contributed by atoms with Crippen LogP contribution in [0.3, 0.4) is 0 Å². The monoisotopic (exact) mass is 333 g/mol. The van der Waals surface area contributed by atoms with E-state index in [0.717, 1.165) is 16.1 Å². The molecule has 0 saturated carbocycles. The molecule has 2 aromatic rings. The number of thiophene rings is 1. The van der Waals surface area contributed by atoms with Crippen molar-refractivity contribution in [3.63, 3.8) is 0 Å². The average molecular weight is 333 g/mol. The third-order valence-electron chi connectivity index (χ3n) is 3.92. The number of amides is 1. The van der Waals surface area contributed by atoms with Gasteiger partial charge < -0.3 is 9.64 Å². The maximum Gasteiger partial charge on any atom is 0.356 e. The van der Waals surface area contributed by atoms with Crippen LogP contribution in [0.5, 0.6) is 0 Å². The van der Waals surface area contributed by atoms with E-state index in [9.17, 15) is 9.59 Å². The first kappa shape index (κ1) is 15.7. The van der Waals surface area contributed by atoms with Crippen LogP contribution in [-0.4, -0.2) is 39.7 Å². The number of rotatable bonds is 4. The minimum absolute atomic E-state index is 0.0803. The SMILES string of the molecule is CCOC(=O)c1c2c(nn1C)CCN(C(=O)Cc1cccs1)C2. The second-order valence-corrected chi connectivity index (χ2v) is 6.47. The fraction of sp³-hybridized carbons (Fsp3) is 0.438. The Bertz CT molecular complexity index is 721. The first-order chi connectivity index (χ1) is 11.1. The largest absolute Gasteiger partial charge is 0.461 e. The van der Waals surface area contributed by atoms with Crippen LogP contribution in [0.25, 0.3) is 0 Å². The standard InChI is InChI=1S/C16H19N3O3S/c1-3-22-16(21)15-12-10-19(7-6-13(12)17-18(15)2)14(20)9-11-5-4-8-23-11/h4-5,8H,3,6-7,9-10H2,1-2H3. The number of ether oxygens (including phenoxy) is 1. The van der Waals surface area contributed by atoms with Gasteiger partial charge in [-0.2, -0.15) is 5.10 Å². The maximum atomic E-state index is 12.5. The van der Waals surface area contributed by atoms with E-state index < -0.39 is 0 Å². The molecular weight excluding hydrogens is 314 g/mol. The van der Waals surface area contributed by atoms with Crippen molar-refractivity contribution in [3.8, 4) is 0 Å². The van der Waals surface area contributed by atoms with Gasteiger partial charge >= 0.3 is 5.97 Å². The van der Waals surface area contributed by atoms with Crippen molar-refractivity contribution in [3.05, 3.63) is 39.3 Å². The van der Waals surface area contributed by atoms with Crippen molar-refractivity contribution in [2.45, 2.75) is 26.3 Å². The fourth-order valence-electron chi connectivity index (χ4n) is 2.84. The minimum Gasteiger partial charge on any atom is -0.461 e.